The third-order valence-electron chi connectivity index (χ3n) is 4.05. The maximum atomic E-state index is 12.8. The second kappa shape index (κ2) is 6.07. The molecule has 0 atom stereocenters. The van der Waals surface area contributed by atoms with Gasteiger partial charge < -0.3 is 4.90 Å². The standard InChI is InChI=1S/C14H18N4O5S2/c1-24(20,21)14-15-12(11-5-3-4-6-18(11)14)13(19)16-7-9-17(10-8-16)25(2,22)23/h3-6H,7-10H2,1-2H3. The number of hydrogen-bond acceptors (Lipinski definition) is 6. The lowest BCUT2D eigenvalue weighted by Gasteiger charge is -2.32. The number of rotatable bonds is 3. The fourth-order valence-corrected chi connectivity index (χ4v) is 4.40. The van der Waals surface area contributed by atoms with Gasteiger partial charge in [-0.1, -0.05) is 6.07 Å². The molecule has 3 heterocycles. The minimum absolute atomic E-state index is 0.0498. The van der Waals surface area contributed by atoms with Crippen LogP contribution in [-0.4, -0.2) is 80.0 Å². The van der Waals surface area contributed by atoms with Gasteiger partial charge in [0.25, 0.3) is 5.91 Å². The van der Waals surface area contributed by atoms with Crippen LogP contribution < -0.4 is 0 Å². The number of pyridine rings is 1. The molecule has 0 saturated carbocycles. The van der Waals surface area contributed by atoms with Gasteiger partial charge in [-0.3, -0.25) is 9.20 Å². The monoisotopic (exact) mass is 386 g/mol. The molecule has 25 heavy (non-hydrogen) atoms. The fraction of sp³-hybridized carbons (Fsp3) is 0.429. The smallest absolute Gasteiger partial charge is 0.274 e. The zero-order valence-electron chi connectivity index (χ0n) is 13.8. The van der Waals surface area contributed by atoms with Crippen molar-refractivity contribution in [2.75, 3.05) is 38.7 Å². The molecule has 1 aliphatic heterocycles. The second-order valence-corrected chi connectivity index (χ2v) is 9.82. The van der Waals surface area contributed by atoms with Gasteiger partial charge in [-0.2, -0.15) is 4.31 Å². The lowest BCUT2D eigenvalue weighted by atomic mass is 10.2. The quantitative estimate of drug-likeness (QED) is 0.701. The minimum Gasteiger partial charge on any atom is -0.335 e. The Morgan fingerprint density at radius 3 is 2.24 bits per heavy atom. The summed E-state index contributed by atoms with van der Waals surface area (Å²) in [6, 6.07) is 4.98. The van der Waals surface area contributed by atoms with E-state index in [1.807, 2.05) is 0 Å². The van der Waals surface area contributed by atoms with E-state index in [4.69, 9.17) is 0 Å². The van der Waals surface area contributed by atoms with E-state index in [9.17, 15) is 21.6 Å². The van der Waals surface area contributed by atoms with Crippen LogP contribution in [0.5, 0.6) is 0 Å². The van der Waals surface area contributed by atoms with Gasteiger partial charge in [0, 0.05) is 38.6 Å². The van der Waals surface area contributed by atoms with E-state index in [-0.39, 0.29) is 37.0 Å². The molecule has 0 aromatic carbocycles. The highest BCUT2D eigenvalue weighted by Crippen LogP contribution is 2.19. The topological polar surface area (TPSA) is 109 Å². The van der Waals surface area contributed by atoms with E-state index in [1.54, 1.807) is 18.2 Å². The first kappa shape index (κ1) is 17.8. The second-order valence-electron chi connectivity index (χ2n) is 5.93. The number of aromatic nitrogens is 2. The molecule has 0 bridgehead atoms. The van der Waals surface area contributed by atoms with E-state index in [2.05, 4.69) is 4.98 Å². The van der Waals surface area contributed by atoms with Crippen molar-refractivity contribution >= 4 is 31.3 Å². The van der Waals surface area contributed by atoms with Gasteiger partial charge in [-0.05, 0) is 12.1 Å². The SMILES string of the molecule is CS(=O)(=O)c1nc(C(=O)N2CCN(S(C)(=O)=O)CC2)c2ccccn12. The maximum absolute atomic E-state index is 12.8. The highest BCUT2D eigenvalue weighted by atomic mass is 32.2. The van der Waals surface area contributed by atoms with Crippen molar-refractivity contribution in [1.82, 2.24) is 18.6 Å². The lowest BCUT2D eigenvalue weighted by Crippen LogP contribution is -2.50. The number of nitrogens with zero attached hydrogens (tertiary/aromatic N) is 4. The van der Waals surface area contributed by atoms with Crippen LogP contribution in [0.2, 0.25) is 0 Å². The number of imidazole rings is 1. The van der Waals surface area contributed by atoms with E-state index in [1.165, 1.54) is 19.8 Å². The summed E-state index contributed by atoms with van der Waals surface area (Å²) in [4.78, 5) is 18.3. The average Bonchev–Trinajstić information content (AvgIpc) is 2.93. The Kier molecular flexibility index (Phi) is 4.33. The first-order valence-electron chi connectivity index (χ1n) is 7.50. The summed E-state index contributed by atoms with van der Waals surface area (Å²) in [6.07, 6.45) is 3.71. The summed E-state index contributed by atoms with van der Waals surface area (Å²) in [6.45, 7) is 0.864. The molecule has 3 rings (SSSR count). The minimum atomic E-state index is -3.61. The lowest BCUT2D eigenvalue weighted by molar-refractivity contribution is 0.0694. The van der Waals surface area contributed by atoms with E-state index in [0.29, 0.717) is 5.52 Å². The summed E-state index contributed by atoms with van der Waals surface area (Å²) in [5.41, 5.74) is 0.451. The van der Waals surface area contributed by atoms with Crippen LogP contribution >= 0.6 is 0 Å². The van der Waals surface area contributed by atoms with Crippen LogP contribution in [0.1, 0.15) is 10.5 Å². The summed E-state index contributed by atoms with van der Waals surface area (Å²) in [5, 5.41) is -0.193. The first-order chi connectivity index (χ1) is 11.6. The molecule has 1 fully saturated rings. The molecule has 0 radical (unpaired) electrons. The highest BCUT2D eigenvalue weighted by molar-refractivity contribution is 7.90. The number of amides is 1. The average molecular weight is 386 g/mol. The van der Waals surface area contributed by atoms with Crippen LogP contribution in [0, 0.1) is 0 Å². The third kappa shape index (κ3) is 3.39. The molecule has 136 valence electrons. The number of carbonyl (C=O) groups is 1. The molecule has 0 unspecified atom stereocenters. The summed E-state index contributed by atoms with van der Waals surface area (Å²) in [5.74, 6) is -0.410. The van der Waals surface area contributed by atoms with Gasteiger partial charge >= 0.3 is 0 Å². The van der Waals surface area contributed by atoms with Gasteiger partial charge in [0.1, 0.15) is 0 Å². The Bertz CT molecular complexity index is 1030. The highest BCUT2D eigenvalue weighted by Gasteiger charge is 2.30. The Hall–Kier alpha value is -1.98. The van der Waals surface area contributed by atoms with Crippen LogP contribution in [0.25, 0.3) is 5.52 Å². The predicted molar refractivity (Wildman–Crippen MR) is 90.6 cm³/mol. The van der Waals surface area contributed by atoms with E-state index < -0.39 is 25.8 Å². The van der Waals surface area contributed by atoms with E-state index in [0.717, 1.165) is 12.5 Å². The van der Waals surface area contributed by atoms with Crippen LogP contribution in [-0.2, 0) is 19.9 Å². The van der Waals surface area contributed by atoms with Crippen molar-refractivity contribution in [3.05, 3.63) is 30.1 Å². The maximum Gasteiger partial charge on any atom is 0.274 e. The summed E-state index contributed by atoms with van der Waals surface area (Å²) >= 11 is 0. The molecule has 2 aromatic heterocycles. The number of sulfone groups is 1. The third-order valence-corrected chi connectivity index (χ3v) is 6.30. The molecule has 1 saturated heterocycles. The molecule has 1 aliphatic rings. The molecule has 0 aliphatic carbocycles. The summed E-state index contributed by atoms with van der Waals surface area (Å²) in [7, 11) is -6.90. The Morgan fingerprint density at radius 2 is 1.68 bits per heavy atom. The molecule has 2 aromatic rings. The molecule has 0 N–H and O–H groups in total. The van der Waals surface area contributed by atoms with Crippen molar-refractivity contribution in [2.24, 2.45) is 0 Å². The number of hydrogen-bond donors (Lipinski definition) is 0. The molecule has 9 nitrogen and oxygen atoms in total. The van der Waals surface area contributed by atoms with Crippen molar-refractivity contribution in [3.63, 3.8) is 0 Å². The van der Waals surface area contributed by atoms with Gasteiger partial charge in [-0.15, -0.1) is 0 Å². The van der Waals surface area contributed by atoms with Crippen LogP contribution in [0.15, 0.2) is 29.6 Å². The fourth-order valence-electron chi connectivity index (χ4n) is 2.80. The van der Waals surface area contributed by atoms with Crippen LogP contribution in [0.4, 0.5) is 0 Å². The van der Waals surface area contributed by atoms with Crippen molar-refractivity contribution in [2.45, 2.75) is 5.16 Å². The van der Waals surface area contributed by atoms with Crippen molar-refractivity contribution < 1.29 is 21.6 Å². The Balaban J connectivity index is 1.94. The zero-order valence-corrected chi connectivity index (χ0v) is 15.4. The number of fused-ring (bicyclic) bond motifs is 1. The molecule has 1 amide bonds. The van der Waals surface area contributed by atoms with Crippen molar-refractivity contribution in [3.8, 4) is 0 Å². The largest absolute Gasteiger partial charge is 0.335 e. The molecular weight excluding hydrogens is 368 g/mol. The number of sulfonamides is 1. The van der Waals surface area contributed by atoms with Gasteiger partial charge in [0.2, 0.25) is 25.0 Å². The van der Waals surface area contributed by atoms with Gasteiger partial charge in [0.15, 0.2) is 5.69 Å². The molecule has 0 spiro atoms. The molecule has 11 heteroatoms. The normalized spacial score (nSPS) is 17.1. The van der Waals surface area contributed by atoms with E-state index >= 15 is 0 Å². The number of carbonyl (C=O) groups excluding carboxylic acids is 1. The first-order valence-corrected chi connectivity index (χ1v) is 11.2. The van der Waals surface area contributed by atoms with Gasteiger partial charge in [0.05, 0.1) is 11.8 Å². The molecular formula is C14H18N4O5S2. The van der Waals surface area contributed by atoms with Gasteiger partial charge in [-0.25, -0.2) is 21.8 Å². The Morgan fingerprint density at radius 1 is 1.04 bits per heavy atom. The zero-order chi connectivity index (χ0) is 18.4. The summed E-state index contributed by atoms with van der Waals surface area (Å²) < 4.78 is 49.7. The predicted octanol–water partition coefficient (Wildman–Crippen LogP) is -0.545. The number of piperazine rings is 1. The van der Waals surface area contributed by atoms with Crippen molar-refractivity contribution in [1.29, 1.82) is 0 Å². The Labute approximate surface area is 145 Å². The van der Waals surface area contributed by atoms with Crippen LogP contribution in [0.3, 0.4) is 0 Å².